The van der Waals surface area contributed by atoms with Crippen molar-refractivity contribution in [2.75, 3.05) is 13.7 Å². The number of ether oxygens (including phenoxy) is 1. The first-order valence-electron chi connectivity index (χ1n) is 8.77. The van der Waals surface area contributed by atoms with Crippen LogP contribution in [0, 0.1) is 5.92 Å². The fourth-order valence-corrected chi connectivity index (χ4v) is 2.83. The van der Waals surface area contributed by atoms with E-state index in [1.165, 1.54) is 0 Å². The van der Waals surface area contributed by atoms with Gasteiger partial charge in [0.15, 0.2) is 0 Å². The van der Waals surface area contributed by atoms with Crippen LogP contribution in [0.3, 0.4) is 0 Å². The molecule has 2 N–H and O–H groups in total. The van der Waals surface area contributed by atoms with Crippen molar-refractivity contribution in [1.82, 2.24) is 10.6 Å². The van der Waals surface area contributed by atoms with Gasteiger partial charge < -0.3 is 15.4 Å². The zero-order valence-corrected chi connectivity index (χ0v) is 15.2. The van der Waals surface area contributed by atoms with Crippen LogP contribution in [-0.4, -0.2) is 19.7 Å². The van der Waals surface area contributed by atoms with Gasteiger partial charge in [-0.05, 0) is 23.5 Å². The number of hydrogen-bond acceptors (Lipinski definition) is 2. The Bertz CT molecular complexity index is 629. The second-order valence-corrected chi connectivity index (χ2v) is 6.58. The molecular weight excluding hydrogens is 312 g/mol. The van der Waals surface area contributed by atoms with Crippen molar-refractivity contribution >= 4 is 6.03 Å². The molecule has 0 aliphatic heterocycles. The SMILES string of the molecule is COC(CNC(=O)NC(CC(C)C)c1ccccc1)c1ccccc1. The topological polar surface area (TPSA) is 50.4 Å². The average molecular weight is 340 g/mol. The van der Waals surface area contributed by atoms with E-state index in [2.05, 4.69) is 36.6 Å². The number of nitrogens with one attached hydrogen (secondary N) is 2. The van der Waals surface area contributed by atoms with Crippen molar-refractivity contribution in [3.05, 3.63) is 71.8 Å². The lowest BCUT2D eigenvalue weighted by Gasteiger charge is -2.22. The van der Waals surface area contributed by atoms with E-state index in [9.17, 15) is 4.79 Å². The van der Waals surface area contributed by atoms with Crippen molar-refractivity contribution in [1.29, 1.82) is 0 Å². The van der Waals surface area contributed by atoms with Gasteiger partial charge in [-0.25, -0.2) is 4.79 Å². The van der Waals surface area contributed by atoms with Gasteiger partial charge in [-0.2, -0.15) is 0 Å². The van der Waals surface area contributed by atoms with Crippen molar-refractivity contribution in [2.45, 2.75) is 32.4 Å². The maximum Gasteiger partial charge on any atom is 0.315 e. The second kappa shape index (κ2) is 9.84. The van der Waals surface area contributed by atoms with Gasteiger partial charge in [-0.15, -0.1) is 0 Å². The van der Waals surface area contributed by atoms with Gasteiger partial charge in [-0.1, -0.05) is 74.5 Å². The molecule has 0 radical (unpaired) electrons. The van der Waals surface area contributed by atoms with E-state index in [4.69, 9.17) is 4.74 Å². The lowest BCUT2D eigenvalue weighted by atomic mass is 9.97. The minimum atomic E-state index is -0.174. The van der Waals surface area contributed by atoms with Gasteiger partial charge in [0.25, 0.3) is 0 Å². The first-order chi connectivity index (χ1) is 12.1. The van der Waals surface area contributed by atoms with Crippen LogP contribution in [0.4, 0.5) is 4.79 Å². The van der Waals surface area contributed by atoms with E-state index < -0.39 is 0 Å². The number of carbonyl (C=O) groups is 1. The van der Waals surface area contributed by atoms with Gasteiger partial charge in [0, 0.05) is 13.7 Å². The van der Waals surface area contributed by atoms with Crippen LogP contribution in [-0.2, 0) is 4.74 Å². The Morgan fingerprint density at radius 2 is 1.52 bits per heavy atom. The highest BCUT2D eigenvalue weighted by atomic mass is 16.5. The van der Waals surface area contributed by atoms with Crippen LogP contribution >= 0.6 is 0 Å². The van der Waals surface area contributed by atoms with Crippen LogP contribution in [0.2, 0.25) is 0 Å². The van der Waals surface area contributed by atoms with Crippen molar-refractivity contribution in [3.8, 4) is 0 Å². The molecule has 0 aromatic heterocycles. The summed E-state index contributed by atoms with van der Waals surface area (Å²) in [6.07, 6.45) is 0.733. The van der Waals surface area contributed by atoms with Gasteiger partial charge in [0.2, 0.25) is 0 Å². The molecule has 0 fully saturated rings. The van der Waals surface area contributed by atoms with Crippen LogP contribution in [0.5, 0.6) is 0 Å². The number of hydrogen-bond donors (Lipinski definition) is 2. The quantitative estimate of drug-likeness (QED) is 0.745. The fraction of sp³-hybridized carbons (Fsp3) is 0.381. The highest BCUT2D eigenvalue weighted by Crippen LogP contribution is 2.21. The molecule has 4 heteroatoms. The molecule has 0 spiro atoms. The summed E-state index contributed by atoms with van der Waals surface area (Å²) >= 11 is 0. The van der Waals surface area contributed by atoms with Crippen LogP contribution in [0.25, 0.3) is 0 Å². The molecule has 2 rings (SSSR count). The minimum Gasteiger partial charge on any atom is -0.375 e. The summed E-state index contributed by atoms with van der Waals surface area (Å²) in [5.41, 5.74) is 2.17. The molecular formula is C21H28N2O2. The Morgan fingerprint density at radius 1 is 0.960 bits per heavy atom. The van der Waals surface area contributed by atoms with E-state index >= 15 is 0 Å². The molecule has 4 nitrogen and oxygen atoms in total. The van der Waals surface area contributed by atoms with Crippen molar-refractivity contribution < 1.29 is 9.53 Å². The molecule has 0 heterocycles. The summed E-state index contributed by atoms with van der Waals surface area (Å²) in [7, 11) is 1.66. The smallest absolute Gasteiger partial charge is 0.315 e. The Balaban J connectivity index is 1.94. The first-order valence-corrected chi connectivity index (χ1v) is 8.77. The highest BCUT2D eigenvalue weighted by Gasteiger charge is 2.17. The number of urea groups is 1. The Labute approximate surface area is 150 Å². The average Bonchev–Trinajstić information content (AvgIpc) is 2.63. The maximum atomic E-state index is 12.4. The van der Waals surface area contributed by atoms with Gasteiger partial charge in [0.1, 0.15) is 0 Å². The molecule has 0 aliphatic rings. The van der Waals surface area contributed by atoms with E-state index in [0.717, 1.165) is 17.5 Å². The zero-order chi connectivity index (χ0) is 18.1. The van der Waals surface area contributed by atoms with E-state index in [1.54, 1.807) is 7.11 Å². The Kier molecular flexibility index (Phi) is 7.48. The van der Waals surface area contributed by atoms with Crippen LogP contribution in [0.1, 0.15) is 43.5 Å². The summed E-state index contributed by atoms with van der Waals surface area (Å²) in [4.78, 5) is 12.4. The van der Waals surface area contributed by atoms with Crippen LogP contribution < -0.4 is 10.6 Å². The molecule has 2 atom stereocenters. The predicted octanol–water partition coefficient (Wildman–Crippen LogP) is 4.46. The summed E-state index contributed by atoms with van der Waals surface area (Å²) in [5.74, 6) is 0.488. The van der Waals surface area contributed by atoms with Gasteiger partial charge in [0.05, 0.1) is 12.1 Å². The largest absolute Gasteiger partial charge is 0.375 e. The summed E-state index contributed by atoms with van der Waals surface area (Å²) in [5, 5.41) is 6.02. The monoisotopic (exact) mass is 340 g/mol. The van der Waals surface area contributed by atoms with Gasteiger partial charge >= 0.3 is 6.03 Å². The van der Waals surface area contributed by atoms with Crippen molar-refractivity contribution in [2.24, 2.45) is 5.92 Å². The summed E-state index contributed by atoms with van der Waals surface area (Å²) in [6, 6.07) is 19.8. The Morgan fingerprint density at radius 3 is 2.04 bits per heavy atom. The lowest BCUT2D eigenvalue weighted by Crippen LogP contribution is -2.40. The zero-order valence-electron chi connectivity index (χ0n) is 15.2. The summed E-state index contributed by atoms with van der Waals surface area (Å²) < 4.78 is 5.50. The minimum absolute atomic E-state index is 0.001000. The van der Waals surface area contributed by atoms with E-state index in [-0.39, 0.29) is 18.2 Å². The van der Waals surface area contributed by atoms with E-state index in [0.29, 0.717) is 12.5 Å². The molecule has 0 saturated heterocycles. The number of methoxy groups -OCH3 is 1. The van der Waals surface area contributed by atoms with Gasteiger partial charge in [-0.3, -0.25) is 0 Å². The maximum absolute atomic E-state index is 12.4. The standard InChI is InChI=1S/C21H28N2O2/c1-16(2)14-19(17-10-6-4-7-11-17)23-21(24)22-15-20(25-3)18-12-8-5-9-13-18/h4-13,16,19-20H,14-15H2,1-3H3,(H2,22,23,24). The van der Waals surface area contributed by atoms with E-state index in [1.807, 2.05) is 48.5 Å². The third-order valence-electron chi connectivity index (χ3n) is 4.12. The molecule has 2 amide bonds. The number of amides is 2. The second-order valence-electron chi connectivity index (χ2n) is 6.58. The molecule has 0 bridgehead atoms. The molecule has 0 aliphatic carbocycles. The normalized spacial score (nSPS) is 13.3. The molecule has 2 unspecified atom stereocenters. The first kappa shape index (κ1) is 19.0. The van der Waals surface area contributed by atoms with Crippen molar-refractivity contribution in [3.63, 3.8) is 0 Å². The molecule has 134 valence electrons. The highest BCUT2D eigenvalue weighted by molar-refractivity contribution is 5.74. The fourth-order valence-electron chi connectivity index (χ4n) is 2.83. The Hall–Kier alpha value is -2.33. The molecule has 2 aromatic carbocycles. The predicted molar refractivity (Wildman–Crippen MR) is 101 cm³/mol. The van der Waals surface area contributed by atoms with Crippen LogP contribution in [0.15, 0.2) is 60.7 Å². The lowest BCUT2D eigenvalue weighted by molar-refractivity contribution is 0.104. The summed E-state index contributed by atoms with van der Waals surface area (Å²) in [6.45, 7) is 4.74. The molecule has 25 heavy (non-hydrogen) atoms. The molecule has 2 aromatic rings. The number of rotatable bonds is 8. The third-order valence-corrected chi connectivity index (χ3v) is 4.12. The number of carbonyl (C=O) groups excluding carboxylic acids is 1. The number of benzene rings is 2. The third kappa shape index (κ3) is 6.24. The molecule has 0 saturated carbocycles.